The van der Waals surface area contributed by atoms with Crippen LogP contribution < -0.4 is 0 Å². The van der Waals surface area contributed by atoms with E-state index in [0.717, 1.165) is 5.69 Å². The molecule has 0 aliphatic rings. The van der Waals surface area contributed by atoms with Crippen molar-refractivity contribution in [1.29, 1.82) is 0 Å². The van der Waals surface area contributed by atoms with Crippen molar-refractivity contribution >= 4 is 11.9 Å². The summed E-state index contributed by atoms with van der Waals surface area (Å²) in [7, 11) is 3.13. The third-order valence-corrected chi connectivity index (χ3v) is 3.70. The molecular weight excluding hydrogens is 310 g/mol. The number of carbonyl (C=O) groups excluding carboxylic acids is 1. The van der Waals surface area contributed by atoms with Crippen molar-refractivity contribution in [3.63, 3.8) is 0 Å². The van der Waals surface area contributed by atoms with Crippen LogP contribution in [0.5, 0.6) is 0 Å². The number of nitrogens with zero attached hydrogens (tertiary/aromatic N) is 3. The molecule has 1 N–H and O–H groups in total. The molecule has 0 saturated heterocycles. The number of hydrogen-bond acceptors (Lipinski definition) is 4. The molecule has 1 aromatic heterocycles. The average Bonchev–Trinajstić information content (AvgIpc) is 2.98. The number of carboxylic acids is 1. The molecule has 7 nitrogen and oxygen atoms in total. The number of aliphatic carboxylic acids is 1. The Hall–Kier alpha value is -2.67. The zero-order valence-electron chi connectivity index (χ0n) is 14.0. The maximum absolute atomic E-state index is 12.7. The summed E-state index contributed by atoms with van der Waals surface area (Å²) in [4.78, 5) is 25.0. The van der Waals surface area contributed by atoms with Gasteiger partial charge in [0.1, 0.15) is 0 Å². The fourth-order valence-electron chi connectivity index (χ4n) is 2.40. The molecule has 1 aromatic carbocycles. The van der Waals surface area contributed by atoms with Crippen LogP contribution in [0.2, 0.25) is 0 Å². The van der Waals surface area contributed by atoms with Crippen molar-refractivity contribution in [2.24, 2.45) is 5.92 Å². The van der Waals surface area contributed by atoms with Crippen LogP contribution in [0.4, 0.5) is 0 Å². The summed E-state index contributed by atoms with van der Waals surface area (Å²) in [6, 6.07) is 9.44. The van der Waals surface area contributed by atoms with Crippen LogP contribution in [0.25, 0.3) is 5.69 Å². The molecule has 2 aromatic rings. The molecule has 0 spiro atoms. The summed E-state index contributed by atoms with van der Waals surface area (Å²) in [5.41, 5.74) is 1.86. The number of para-hydroxylation sites is 1. The van der Waals surface area contributed by atoms with Crippen LogP contribution >= 0.6 is 0 Å². The van der Waals surface area contributed by atoms with Crippen LogP contribution in [0.3, 0.4) is 0 Å². The monoisotopic (exact) mass is 331 g/mol. The van der Waals surface area contributed by atoms with E-state index >= 15 is 0 Å². The number of amides is 1. The van der Waals surface area contributed by atoms with E-state index in [9.17, 15) is 9.59 Å². The molecule has 24 heavy (non-hydrogen) atoms. The quantitative estimate of drug-likeness (QED) is 0.836. The lowest BCUT2D eigenvalue weighted by Gasteiger charge is -2.19. The summed E-state index contributed by atoms with van der Waals surface area (Å²) in [6.45, 7) is 1.91. The van der Waals surface area contributed by atoms with E-state index in [1.54, 1.807) is 25.8 Å². The minimum Gasteiger partial charge on any atom is -0.481 e. The Kier molecular flexibility index (Phi) is 5.70. The summed E-state index contributed by atoms with van der Waals surface area (Å²) >= 11 is 0. The summed E-state index contributed by atoms with van der Waals surface area (Å²) in [5, 5.41) is 13.3. The highest BCUT2D eigenvalue weighted by Crippen LogP contribution is 2.18. The lowest BCUT2D eigenvalue weighted by Crippen LogP contribution is -2.34. The molecule has 0 bridgehead atoms. The van der Waals surface area contributed by atoms with Crippen molar-refractivity contribution in [2.45, 2.75) is 13.5 Å². The summed E-state index contributed by atoms with van der Waals surface area (Å²) < 4.78 is 6.87. The first-order valence-corrected chi connectivity index (χ1v) is 7.55. The molecule has 1 unspecified atom stereocenters. The third kappa shape index (κ3) is 3.80. The Morgan fingerprint density at radius 1 is 1.33 bits per heavy atom. The first-order chi connectivity index (χ1) is 11.5. The maximum Gasteiger partial charge on any atom is 0.308 e. The van der Waals surface area contributed by atoms with Crippen molar-refractivity contribution in [3.05, 3.63) is 47.8 Å². The number of carboxylic acid groups (broad SMARTS) is 1. The SMILES string of the molecule is COCc1c(C(=O)N(C)CC(C)C(=O)O)cnn1-c1ccccc1. The second-order valence-corrected chi connectivity index (χ2v) is 5.61. The number of benzene rings is 1. The lowest BCUT2D eigenvalue weighted by atomic mass is 10.1. The Balaban J connectivity index is 2.31. The Morgan fingerprint density at radius 2 is 2.00 bits per heavy atom. The molecule has 1 amide bonds. The first-order valence-electron chi connectivity index (χ1n) is 7.55. The van der Waals surface area contributed by atoms with Gasteiger partial charge in [-0.15, -0.1) is 0 Å². The third-order valence-electron chi connectivity index (χ3n) is 3.70. The molecule has 128 valence electrons. The smallest absolute Gasteiger partial charge is 0.308 e. The molecule has 1 atom stereocenters. The minimum atomic E-state index is -0.938. The van der Waals surface area contributed by atoms with Crippen molar-refractivity contribution < 1.29 is 19.4 Å². The van der Waals surface area contributed by atoms with Gasteiger partial charge in [-0.3, -0.25) is 9.59 Å². The van der Waals surface area contributed by atoms with Crippen LogP contribution in [-0.2, 0) is 16.1 Å². The van der Waals surface area contributed by atoms with Gasteiger partial charge in [-0.05, 0) is 12.1 Å². The van der Waals surface area contributed by atoms with Crippen LogP contribution in [0.15, 0.2) is 36.5 Å². The predicted molar refractivity (Wildman–Crippen MR) is 88.0 cm³/mol. The Bertz CT molecular complexity index is 712. The molecule has 0 aliphatic carbocycles. The fraction of sp³-hybridized carbons (Fsp3) is 0.353. The summed E-state index contributed by atoms with van der Waals surface area (Å²) in [5.74, 6) is -1.86. The molecule has 0 saturated carbocycles. The molecular formula is C17H21N3O4. The zero-order valence-corrected chi connectivity index (χ0v) is 14.0. The van der Waals surface area contributed by atoms with Gasteiger partial charge in [0, 0.05) is 20.7 Å². The second kappa shape index (κ2) is 7.74. The van der Waals surface area contributed by atoms with E-state index in [0.29, 0.717) is 11.3 Å². The average molecular weight is 331 g/mol. The molecule has 7 heteroatoms. The largest absolute Gasteiger partial charge is 0.481 e. The number of aromatic nitrogens is 2. The van der Waals surface area contributed by atoms with Gasteiger partial charge in [0.15, 0.2) is 0 Å². The number of rotatable bonds is 7. The van der Waals surface area contributed by atoms with Crippen molar-refractivity contribution in [2.75, 3.05) is 20.7 Å². The van der Waals surface area contributed by atoms with E-state index in [1.807, 2.05) is 30.3 Å². The first kappa shape index (κ1) is 17.7. The second-order valence-electron chi connectivity index (χ2n) is 5.61. The number of ether oxygens (including phenoxy) is 1. The molecule has 2 rings (SSSR count). The number of hydrogen-bond donors (Lipinski definition) is 1. The van der Waals surface area contributed by atoms with Gasteiger partial charge in [0.25, 0.3) is 5.91 Å². The summed E-state index contributed by atoms with van der Waals surface area (Å²) in [6.07, 6.45) is 1.49. The van der Waals surface area contributed by atoms with Gasteiger partial charge in [0.05, 0.1) is 35.7 Å². The van der Waals surface area contributed by atoms with Gasteiger partial charge in [-0.1, -0.05) is 25.1 Å². The standard InChI is InChI=1S/C17H21N3O4/c1-12(17(22)23)10-19(2)16(21)14-9-18-20(15(14)11-24-3)13-7-5-4-6-8-13/h4-9,12H,10-11H2,1-3H3,(H,22,23). The molecule has 0 aliphatic heterocycles. The highest BCUT2D eigenvalue weighted by molar-refractivity contribution is 5.95. The van der Waals surface area contributed by atoms with Gasteiger partial charge in [-0.25, -0.2) is 4.68 Å². The Labute approximate surface area is 140 Å². The van der Waals surface area contributed by atoms with E-state index in [-0.39, 0.29) is 19.1 Å². The molecule has 0 fully saturated rings. The van der Waals surface area contributed by atoms with Gasteiger partial charge >= 0.3 is 5.97 Å². The normalized spacial score (nSPS) is 12.0. The maximum atomic E-state index is 12.7. The topological polar surface area (TPSA) is 84.7 Å². The van der Waals surface area contributed by atoms with Gasteiger partial charge in [0.2, 0.25) is 0 Å². The molecule has 1 heterocycles. The Morgan fingerprint density at radius 3 is 2.58 bits per heavy atom. The highest BCUT2D eigenvalue weighted by Gasteiger charge is 2.23. The van der Waals surface area contributed by atoms with E-state index < -0.39 is 11.9 Å². The number of carbonyl (C=O) groups is 2. The zero-order chi connectivity index (χ0) is 17.7. The van der Waals surface area contributed by atoms with Gasteiger partial charge < -0.3 is 14.7 Å². The highest BCUT2D eigenvalue weighted by atomic mass is 16.5. The minimum absolute atomic E-state index is 0.122. The van der Waals surface area contributed by atoms with E-state index in [4.69, 9.17) is 9.84 Å². The van der Waals surface area contributed by atoms with E-state index in [1.165, 1.54) is 11.1 Å². The van der Waals surface area contributed by atoms with Gasteiger partial charge in [-0.2, -0.15) is 5.10 Å². The fourth-order valence-corrected chi connectivity index (χ4v) is 2.40. The van der Waals surface area contributed by atoms with Crippen LogP contribution in [0.1, 0.15) is 23.0 Å². The number of methoxy groups -OCH3 is 1. The van der Waals surface area contributed by atoms with E-state index in [2.05, 4.69) is 5.10 Å². The van der Waals surface area contributed by atoms with Crippen LogP contribution in [0, 0.1) is 5.92 Å². The van der Waals surface area contributed by atoms with Crippen molar-refractivity contribution in [1.82, 2.24) is 14.7 Å². The molecule has 0 radical (unpaired) electrons. The lowest BCUT2D eigenvalue weighted by molar-refractivity contribution is -0.141. The van der Waals surface area contributed by atoms with Crippen LogP contribution in [-0.4, -0.2) is 52.4 Å². The van der Waals surface area contributed by atoms with Crippen molar-refractivity contribution in [3.8, 4) is 5.69 Å². The predicted octanol–water partition coefficient (Wildman–Crippen LogP) is 1.81.